The van der Waals surface area contributed by atoms with Gasteiger partial charge in [-0.3, -0.25) is 9.59 Å². The lowest BCUT2D eigenvalue weighted by Crippen LogP contribution is -2.40. The number of carbonyl (C=O) groups excluding carboxylic acids is 1. The third kappa shape index (κ3) is 1.97. The quantitative estimate of drug-likeness (QED) is 0.756. The number of carboxylic acids is 1. The lowest BCUT2D eigenvalue weighted by Gasteiger charge is -2.26. The SMILES string of the molecule is CC1CSCC1N1CC(C(=O)O)CC1=O. The number of aliphatic carboxylic acids is 1. The second-order valence-corrected chi connectivity index (χ2v) is 5.44. The molecule has 0 bridgehead atoms. The van der Waals surface area contributed by atoms with Gasteiger partial charge in [0.25, 0.3) is 0 Å². The number of hydrogen-bond acceptors (Lipinski definition) is 3. The maximum absolute atomic E-state index is 11.7. The molecule has 4 nitrogen and oxygen atoms in total. The minimum atomic E-state index is -0.843. The van der Waals surface area contributed by atoms with Crippen molar-refractivity contribution in [3.8, 4) is 0 Å². The minimum Gasteiger partial charge on any atom is -0.481 e. The van der Waals surface area contributed by atoms with E-state index in [1.807, 2.05) is 11.8 Å². The van der Waals surface area contributed by atoms with Crippen LogP contribution in [0.15, 0.2) is 0 Å². The highest BCUT2D eigenvalue weighted by molar-refractivity contribution is 7.99. The number of thioether (sulfide) groups is 1. The van der Waals surface area contributed by atoms with Gasteiger partial charge < -0.3 is 10.0 Å². The van der Waals surface area contributed by atoms with E-state index in [2.05, 4.69) is 6.92 Å². The predicted molar refractivity (Wildman–Crippen MR) is 57.7 cm³/mol. The molecule has 2 saturated heterocycles. The fourth-order valence-corrected chi connectivity index (χ4v) is 3.74. The monoisotopic (exact) mass is 229 g/mol. The van der Waals surface area contributed by atoms with Crippen LogP contribution in [0.25, 0.3) is 0 Å². The van der Waals surface area contributed by atoms with Gasteiger partial charge in [-0.05, 0) is 11.7 Å². The van der Waals surface area contributed by atoms with Crippen molar-refractivity contribution in [3.05, 3.63) is 0 Å². The highest BCUT2D eigenvalue weighted by atomic mass is 32.2. The molecule has 1 amide bonds. The molecule has 2 heterocycles. The zero-order valence-electron chi connectivity index (χ0n) is 8.68. The van der Waals surface area contributed by atoms with Gasteiger partial charge in [0, 0.05) is 24.8 Å². The third-order valence-corrected chi connectivity index (χ3v) is 4.57. The van der Waals surface area contributed by atoms with E-state index in [1.165, 1.54) is 0 Å². The molecule has 0 aromatic carbocycles. The Hall–Kier alpha value is -0.710. The summed E-state index contributed by atoms with van der Waals surface area (Å²) in [6.45, 7) is 2.54. The lowest BCUT2D eigenvalue weighted by atomic mass is 10.1. The lowest BCUT2D eigenvalue weighted by molar-refractivity contribution is -0.141. The van der Waals surface area contributed by atoms with Gasteiger partial charge in [0.2, 0.25) is 5.91 Å². The Balaban J connectivity index is 2.04. The highest BCUT2D eigenvalue weighted by Crippen LogP contribution is 2.32. The molecule has 0 aliphatic carbocycles. The first kappa shape index (κ1) is 10.8. The minimum absolute atomic E-state index is 0.0155. The topological polar surface area (TPSA) is 57.6 Å². The molecule has 0 aromatic rings. The van der Waals surface area contributed by atoms with Gasteiger partial charge in [-0.2, -0.15) is 11.8 Å². The van der Waals surface area contributed by atoms with Crippen molar-refractivity contribution in [2.75, 3.05) is 18.1 Å². The van der Waals surface area contributed by atoms with Crippen LogP contribution in [-0.2, 0) is 9.59 Å². The van der Waals surface area contributed by atoms with Gasteiger partial charge in [0.1, 0.15) is 0 Å². The summed E-state index contributed by atoms with van der Waals surface area (Å²) in [6, 6.07) is 0.256. The Kier molecular flexibility index (Phi) is 2.91. The number of carbonyl (C=O) groups is 2. The van der Waals surface area contributed by atoms with Crippen LogP contribution >= 0.6 is 11.8 Å². The zero-order valence-corrected chi connectivity index (χ0v) is 9.50. The largest absolute Gasteiger partial charge is 0.481 e. The van der Waals surface area contributed by atoms with Gasteiger partial charge >= 0.3 is 5.97 Å². The summed E-state index contributed by atoms with van der Waals surface area (Å²) in [5.41, 5.74) is 0. The molecule has 3 atom stereocenters. The Morgan fingerprint density at radius 2 is 2.27 bits per heavy atom. The van der Waals surface area contributed by atoms with Crippen LogP contribution in [0.5, 0.6) is 0 Å². The van der Waals surface area contributed by atoms with Crippen molar-refractivity contribution >= 4 is 23.6 Å². The summed E-state index contributed by atoms with van der Waals surface area (Å²) in [5.74, 6) is 1.21. The summed E-state index contributed by atoms with van der Waals surface area (Å²) in [5, 5.41) is 8.87. The maximum atomic E-state index is 11.7. The highest BCUT2D eigenvalue weighted by Gasteiger charge is 2.41. The van der Waals surface area contributed by atoms with Crippen LogP contribution in [0.3, 0.4) is 0 Å². The maximum Gasteiger partial charge on any atom is 0.308 e. The van der Waals surface area contributed by atoms with Crippen LogP contribution in [0.1, 0.15) is 13.3 Å². The molecule has 5 heteroatoms. The fraction of sp³-hybridized carbons (Fsp3) is 0.800. The molecule has 84 valence electrons. The molecule has 2 rings (SSSR count). The van der Waals surface area contributed by atoms with E-state index in [-0.39, 0.29) is 18.4 Å². The number of nitrogens with zero attached hydrogens (tertiary/aromatic N) is 1. The van der Waals surface area contributed by atoms with E-state index in [0.29, 0.717) is 12.5 Å². The van der Waals surface area contributed by atoms with E-state index >= 15 is 0 Å². The molecule has 2 fully saturated rings. The Labute approximate surface area is 93.0 Å². The molecule has 15 heavy (non-hydrogen) atoms. The van der Waals surface area contributed by atoms with E-state index in [1.54, 1.807) is 4.90 Å². The van der Waals surface area contributed by atoms with E-state index in [9.17, 15) is 9.59 Å². The van der Waals surface area contributed by atoms with Crippen LogP contribution in [0, 0.1) is 11.8 Å². The molecule has 2 aliphatic heterocycles. The summed E-state index contributed by atoms with van der Waals surface area (Å²) in [6.07, 6.45) is 0.184. The number of carboxylic acid groups (broad SMARTS) is 1. The van der Waals surface area contributed by atoms with Crippen molar-refractivity contribution in [2.24, 2.45) is 11.8 Å². The number of likely N-dealkylation sites (tertiary alicyclic amines) is 1. The molecule has 0 radical (unpaired) electrons. The van der Waals surface area contributed by atoms with Crippen LogP contribution in [-0.4, -0.2) is 46.0 Å². The van der Waals surface area contributed by atoms with Gasteiger partial charge in [-0.15, -0.1) is 0 Å². The van der Waals surface area contributed by atoms with Gasteiger partial charge in [0.15, 0.2) is 0 Å². The van der Waals surface area contributed by atoms with Crippen molar-refractivity contribution in [1.29, 1.82) is 0 Å². The second kappa shape index (κ2) is 4.04. The second-order valence-electron chi connectivity index (χ2n) is 4.37. The Morgan fingerprint density at radius 3 is 2.73 bits per heavy atom. The van der Waals surface area contributed by atoms with Crippen molar-refractivity contribution < 1.29 is 14.7 Å². The average molecular weight is 229 g/mol. The Bertz CT molecular complexity index is 294. The molecule has 2 aliphatic rings. The van der Waals surface area contributed by atoms with E-state index < -0.39 is 11.9 Å². The summed E-state index contributed by atoms with van der Waals surface area (Å²) in [4.78, 5) is 24.3. The molecule has 0 saturated carbocycles. The molecule has 0 aromatic heterocycles. The van der Waals surface area contributed by atoms with Crippen LogP contribution in [0.2, 0.25) is 0 Å². The first-order chi connectivity index (χ1) is 7.09. The zero-order chi connectivity index (χ0) is 11.0. The molecule has 0 spiro atoms. The van der Waals surface area contributed by atoms with Crippen molar-refractivity contribution in [2.45, 2.75) is 19.4 Å². The standard InChI is InChI=1S/C10H15NO3S/c1-6-4-15-5-8(6)11-3-7(10(13)14)2-9(11)12/h6-8H,2-5H2,1H3,(H,13,14). The number of rotatable bonds is 2. The number of amides is 1. The molecule has 3 unspecified atom stereocenters. The summed E-state index contributed by atoms with van der Waals surface area (Å²) < 4.78 is 0. The summed E-state index contributed by atoms with van der Waals surface area (Å²) >= 11 is 1.85. The van der Waals surface area contributed by atoms with Crippen molar-refractivity contribution in [1.82, 2.24) is 4.90 Å². The smallest absolute Gasteiger partial charge is 0.308 e. The van der Waals surface area contributed by atoms with E-state index in [4.69, 9.17) is 5.11 Å². The fourth-order valence-electron chi connectivity index (χ4n) is 2.26. The van der Waals surface area contributed by atoms with Crippen LogP contribution in [0.4, 0.5) is 0 Å². The van der Waals surface area contributed by atoms with Gasteiger partial charge in [0.05, 0.1) is 5.92 Å². The van der Waals surface area contributed by atoms with Gasteiger partial charge in [-0.25, -0.2) is 0 Å². The van der Waals surface area contributed by atoms with Gasteiger partial charge in [-0.1, -0.05) is 6.92 Å². The average Bonchev–Trinajstić information content (AvgIpc) is 2.71. The summed E-state index contributed by atoms with van der Waals surface area (Å²) in [7, 11) is 0. The predicted octanol–water partition coefficient (Wildman–Crippen LogP) is 0.671. The van der Waals surface area contributed by atoms with Crippen LogP contribution < -0.4 is 0 Å². The van der Waals surface area contributed by atoms with Crippen molar-refractivity contribution in [3.63, 3.8) is 0 Å². The Morgan fingerprint density at radius 1 is 1.53 bits per heavy atom. The first-order valence-electron chi connectivity index (χ1n) is 5.19. The molecular formula is C10H15NO3S. The normalized spacial score (nSPS) is 36.2. The third-order valence-electron chi connectivity index (χ3n) is 3.23. The molecule has 1 N–H and O–H groups in total. The van der Waals surface area contributed by atoms with E-state index in [0.717, 1.165) is 11.5 Å². The number of hydrogen-bond donors (Lipinski definition) is 1. The first-order valence-corrected chi connectivity index (χ1v) is 6.35. The molecular weight excluding hydrogens is 214 g/mol.